The largest absolute Gasteiger partial charge is 0.350 e. The van der Waals surface area contributed by atoms with Gasteiger partial charge in [0.25, 0.3) is 0 Å². The van der Waals surface area contributed by atoms with Gasteiger partial charge < -0.3 is 15.1 Å². The van der Waals surface area contributed by atoms with Crippen LogP contribution < -0.4 is 5.32 Å². The average Bonchev–Trinajstić information content (AvgIpc) is 3.09. The van der Waals surface area contributed by atoms with Gasteiger partial charge in [0.05, 0.1) is 13.1 Å². The number of halogens is 1. The maximum atomic E-state index is 12.4. The molecule has 3 rings (SSSR count). The molecule has 7 nitrogen and oxygen atoms in total. The van der Waals surface area contributed by atoms with Crippen molar-refractivity contribution in [2.45, 2.75) is 32.7 Å². The van der Waals surface area contributed by atoms with Gasteiger partial charge in [-0.3, -0.25) is 14.7 Å². The normalized spacial score (nSPS) is 19.0. The van der Waals surface area contributed by atoms with Crippen LogP contribution in [0.25, 0.3) is 0 Å². The Bertz CT molecular complexity index is 623. The Hall–Kier alpha value is -0.940. The fraction of sp³-hybridized carbons (Fsp3) is 0.722. The highest BCUT2D eigenvalue weighted by Crippen LogP contribution is 2.12. The van der Waals surface area contributed by atoms with Crippen LogP contribution in [0.15, 0.2) is 11.2 Å². The summed E-state index contributed by atoms with van der Waals surface area (Å²) in [6.45, 7) is 8.79. The molecule has 152 valence electrons. The number of piperazine rings is 1. The van der Waals surface area contributed by atoms with E-state index in [1.54, 1.807) is 11.3 Å². The number of thiazole rings is 1. The minimum Gasteiger partial charge on any atom is -0.350 e. The van der Waals surface area contributed by atoms with Gasteiger partial charge in [-0.25, -0.2) is 4.98 Å². The Kier molecular flexibility index (Phi) is 9.24. The minimum atomic E-state index is 0. The summed E-state index contributed by atoms with van der Waals surface area (Å²) < 4.78 is 0. The average molecular weight is 506 g/mol. The van der Waals surface area contributed by atoms with Crippen LogP contribution in [0.5, 0.6) is 0 Å². The van der Waals surface area contributed by atoms with Crippen LogP contribution in [-0.4, -0.2) is 84.4 Å². The Morgan fingerprint density at radius 2 is 1.85 bits per heavy atom. The van der Waals surface area contributed by atoms with Gasteiger partial charge in [0.15, 0.2) is 5.96 Å². The molecule has 27 heavy (non-hydrogen) atoms. The molecule has 0 bridgehead atoms. The number of carbonyl (C=O) groups is 1. The van der Waals surface area contributed by atoms with Crippen molar-refractivity contribution in [3.05, 3.63) is 16.1 Å². The summed E-state index contributed by atoms with van der Waals surface area (Å²) in [5, 5.41) is 4.48. The van der Waals surface area contributed by atoms with E-state index in [0.29, 0.717) is 19.0 Å². The predicted molar refractivity (Wildman–Crippen MR) is 121 cm³/mol. The molecule has 1 aromatic rings. The van der Waals surface area contributed by atoms with Crippen molar-refractivity contribution in [3.63, 3.8) is 0 Å². The van der Waals surface area contributed by atoms with Crippen molar-refractivity contribution >= 4 is 47.2 Å². The molecule has 2 aliphatic heterocycles. The molecule has 2 fully saturated rings. The zero-order chi connectivity index (χ0) is 18.4. The molecule has 2 aliphatic rings. The third kappa shape index (κ3) is 6.56. The molecule has 3 heterocycles. The molecular weight excluding hydrogens is 475 g/mol. The zero-order valence-electron chi connectivity index (χ0n) is 16.3. The van der Waals surface area contributed by atoms with Gasteiger partial charge in [-0.05, 0) is 26.2 Å². The van der Waals surface area contributed by atoms with E-state index in [1.807, 2.05) is 18.1 Å². The van der Waals surface area contributed by atoms with E-state index in [2.05, 4.69) is 32.0 Å². The molecule has 9 heteroatoms. The second-order valence-electron chi connectivity index (χ2n) is 6.97. The number of hydrogen-bond acceptors (Lipinski definition) is 5. The second kappa shape index (κ2) is 11.2. The first-order valence-corrected chi connectivity index (χ1v) is 10.3. The van der Waals surface area contributed by atoms with Crippen LogP contribution in [0.1, 0.15) is 29.1 Å². The first kappa shape index (κ1) is 22.4. The van der Waals surface area contributed by atoms with E-state index >= 15 is 0 Å². The first-order chi connectivity index (χ1) is 12.7. The summed E-state index contributed by atoms with van der Waals surface area (Å²) in [6, 6.07) is 0. The molecule has 0 unspecified atom stereocenters. The molecule has 0 saturated carbocycles. The standard InChI is InChI=1S/C18H30N6OS.HI/c1-15-12-20-16(26-15)13-21-18(19-2)24-10-8-22(9-11-24)14-17(25)23-6-4-3-5-7-23;/h12H,3-11,13-14H2,1-2H3,(H,19,21);1H. The number of hydrogen-bond donors (Lipinski definition) is 1. The van der Waals surface area contributed by atoms with Gasteiger partial charge in [-0.2, -0.15) is 0 Å². The fourth-order valence-corrected chi connectivity index (χ4v) is 4.25. The summed E-state index contributed by atoms with van der Waals surface area (Å²) in [4.78, 5) is 29.0. The lowest BCUT2D eigenvalue weighted by Crippen LogP contribution is -2.54. The first-order valence-electron chi connectivity index (χ1n) is 9.53. The number of carbonyl (C=O) groups excluding carboxylic acids is 1. The Balaban J connectivity index is 0.00000261. The van der Waals surface area contributed by atoms with Crippen LogP contribution in [0.4, 0.5) is 0 Å². The van der Waals surface area contributed by atoms with Gasteiger partial charge in [-0.1, -0.05) is 0 Å². The van der Waals surface area contributed by atoms with Crippen molar-refractivity contribution in [2.24, 2.45) is 4.99 Å². The number of nitrogens with zero attached hydrogens (tertiary/aromatic N) is 5. The summed E-state index contributed by atoms with van der Waals surface area (Å²) in [5.41, 5.74) is 0. The van der Waals surface area contributed by atoms with Crippen molar-refractivity contribution < 1.29 is 4.79 Å². The predicted octanol–water partition coefficient (Wildman–Crippen LogP) is 1.78. The maximum absolute atomic E-state index is 12.4. The Morgan fingerprint density at radius 1 is 1.15 bits per heavy atom. The molecule has 2 saturated heterocycles. The van der Waals surface area contributed by atoms with Crippen molar-refractivity contribution in [3.8, 4) is 0 Å². The number of piperidine rings is 1. The maximum Gasteiger partial charge on any atom is 0.236 e. The Labute approximate surface area is 183 Å². The van der Waals surface area contributed by atoms with Gasteiger partial charge in [-0.15, -0.1) is 35.3 Å². The number of amides is 1. The third-order valence-electron chi connectivity index (χ3n) is 5.02. The lowest BCUT2D eigenvalue weighted by atomic mass is 10.1. The molecule has 1 amide bonds. The number of aryl methyl sites for hydroxylation is 1. The highest BCUT2D eigenvalue weighted by atomic mass is 127. The zero-order valence-corrected chi connectivity index (χ0v) is 19.5. The monoisotopic (exact) mass is 506 g/mol. The summed E-state index contributed by atoms with van der Waals surface area (Å²) >= 11 is 1.71. The number of guanidine groups is 1. The molecule has 0 aromatic carbocycles. The van der Waals surface area contributed by atoms with E-state index in [1.165, 1.54) is 11.3 Å². The Morgan fingerprint density at radius 3 is 2.44 bits per heavy atom. The SMILES string of the molecule is CN=C(NCc1ncc(C)s1)N1CCN(CC(=O)N2CCCCC2)CC1.I. The van der Waals surface area contributed by atoms with Crippen LogP contribution in [0.2, 0.25) is 0 Å². The van der Waals surface area contributed by atoms with E-state index in [-0.39, 0.29) is 24.0 Å². The number of rotatable bonds is 4. The lowest BCUT2D eigenvalue weighted by molar-refractivity contribution is -0.133. The lowest BCUT2D eigenvalue weighted by Gasteiger charge is -2.37. The molecule has 0 aliphatic carbocycles. The second-order valence-corrected chi connectivity index (χ2v) is 8.29. The van der Waals surface area contributed by atoms with Gasteiger partial charge in [0, 0.05) is 57.4 Å². The minimum absolute atomic E-state index is 0. The quantitative estimate of drug-likeness (QED) is 0.383. The van der Waals surface area contributed by atoms with E-state index in [9.17, 15) is 4.79 Å². The van der Waals surface area contributed by atoms with Crippen molar-refractivity contribution in [1.29, 1.82) is 0 Å². The van der Waals surface area contributed by atoms with Gasteiger partial charge in [0.1, 0.15) is 5.01 Å². The van der Waals surface area contributed by atoms with Crippen LogP contribution >= 0.6 is 35.3 Å². The number of likely N-dealkylation sites (tertiary alicyclic amines) is 1. The highest BCUT2D eigenvalue weighted by Gasteiger charge is 2.24. The van der Waals surface area contributed by atoms with Crippen LogP contribution in [0, 0.1) is 6.92 Å². The highest BCUT2D eigenvalue weighted by molar-refractivity contribution is 14.0. The van der Waals surface area contributed by atoms with E-state index < -0.39 is 0 Å². The van der Waals surface area contributed by atoms with Crippen molar-refractivity contribution in [1.82, 2.24) is 25.0 Å². The number of aliphatic imine (C=N–C) groups is 1. The number of aromatic nitrogens is 1. The van der Waals surface area contributed by atoms with Crippen molar-refractivity contribution in [2.75, 3.05) is 52.9 Å². The summed E-state index contributed by atoms with van der Waals surface area (Å²) in [5.74, 6) is 1.21. The summed E-state index contributed by atoms with van der Waals surface area (Å²) in [6.07, 6.45) is 5.47. The smallest absolute Gasteiger partial charge is 0.236 e. The van der Waals surface area contributed by atoms with E-state index in [0.717, 1.165) is 63.1 Å². The van der Waals surface area contributed by atoms with Gasteiger partial charge >= 0.3 is 0 Å². The molecule has 0 radical (unpaired) electrons. The van der Waals surface area contributed by atoms with Crippen LogP contribution in [0.3, 0.4) is 0 Å². The third-order valence-corrected chi connectivity index (χ3v) is 5.93. The molecule has 0 atom stereocenters. The molecular formula is C18H31IN6OS. The van der Waals surface area contributed by atoms with E-state index in [4.69, 9.17) is 0 Å². The summed E-state index contributed by atoms with van der Waals surface area (Å²) in [7, 11) is 1.82. The molecule has 1 N–H and O–H groups in total. The van der Waals surface area contributed by atoms with Gasteiger partial charge in [0.2, 0.25) is 5.91 Å². The fourth-order valence-electron chi connectivity index (χ4n) is 3.52. The molecule has 0 spiro atoms. The topological polar surface area (TPSA) is 64.1 Å². The molecule has 1 aromatic heterocycles. The number of nitrogens with one attached hydrogen (secondary N) is 1. The van der Waals surface area contributed by atoms with Crippen LogP contribution in [-0.2, 0) is 11.3 Å².